The van der Waals surface area contributed by atoms with Crippen molar-refractivity contribution in [3.63, 3.8) is 0 Å². The molecule has 0 bridgehead atoms. The molecule has 8 heteroatoms. The van der Waals surface area contributed by atoms with Gasteiger partial charge < -0.3 is 0 Å². The second-order valence-electron chi connectivity index (χ2n) is 7.21. The Bertz CT molecular complexity index is 1390. The van der Waals surface area contributed by atoms with Crippen molar-refractivity contribution in [3.8, 4) is 11.3 Å². The number of benzene rings is 3. The summed E-state index contributed by atoms with van der Waals surface area (Å²) in [5, 5.41) is 5.20. The minimum Gasteiger partial charge on any atom is -0.291 e. The molecule has 4 aromatic rings. The molecule has 6 nitrogen and oxygen atoms in total. The van der Waals surface area contributed by atoms with Crippen LogP contribution in [0.15, 0.2) is 93.3 Å². The third-order valence-electron chi connectivity index (χ3n) is 5.37. The number of carbonyl (C=O) groups is 1. The highest BCUT2D eigenvalue weighted by molar-refractivity contribution is 9.10. The lowest BCUT2D eigenvalue weighted by atomic mass is 10.0. The molecular formula is C24H18BrN4O2S+. The number of anilines is 1. The number of aromatic amines is 1. The van der Waals surface area contributed by atoms with Gasteiger partial charge in [-0.1, -0.05) is 70.2 Å². The van der Waals surface area contributed by atoms with Crippen LogP contribution in [-0.2, 0) is 0 Å². The highest BCUT2D eigenvalue weighted by Crippen LogP contribution is 2.39. The van der Waals surface area contributed by atoms with Crippen molar-refractivity contribution < 1.29 is 9.48 Å². The summed E-state index contributed by atoms with van der Waals surface area (Å²) in [5.41, 5.74) is 2.85. The van der Waals surface area contributed by atoms with Crippen LogP contribution in [0.4, 0.5) is 5.69 Å². The number of thioether (sulfide) groups is 1. The first-order chi connectivity index (χ1) is 15.6. The highest BCUT2D eigenvalue weighted by Gasteiger charge is 2.46. The molecule has 0 saturated carbocycles. The maximum atomic E-state index is 13.9. The summed E-state index contributed by atoms with van der Waals surface area (Å²) in [7, 11) is 0. The molecule has 1 aliphatic rings. The minimum atomic E-state index is -0.656. The largest absolute Gasteiger partial charge is 0.325 e. The molecule has 5 rings (SSSR count). The summed E-state index contributed by atoms with van der Waals surface area (Å²) in [5.74, 6) is -0.176. The maximum absolute atomic E-state index is 13.9. The Hall–Kier alpha value is -3.23. The van der Waals surface area contributed by atoms with E-state index in [1.54, 1.807) is 21.7 Å². The van der Waals surface area contributed by atoms with Crippen LogP contribution in [0.1, 0.15) is 22.1 Å². The zero-order valence-corrected chi connectivity index (χ0v) is 19.4. The van der Waals surface area contributed by atoms with Gasteiger partial charge in [-0.25, -0.2) is 4.90 Å². The van der Waals surface area contributed by atoms with E-state index in [2.05, 4.69) is 20.9 Å². The number of rotatable bonds is 3. The van der Waals surface area contributed by atoms with Crippen molar-refractivity contribution in [2.24, 2.45) is 0 Å². The number of hydrogen-bond donors (Lipinski definition) is 1. The van der Waals surface area contributed by atoms with Gasteiger partial charge >= 0.3 is 11.3 Å². The summed E-state index contributed by atoms with van der Waals surface area (Å²) in [4.78, 5) is 31.6. The summed E-state index contributed by atoms with van der Waals surface area (Å²) in [6.07, 6.45) is 1.19. The molecule has 1 aliphatic heterocycles. The number of nitrogens with one attached hydrogen (secondary N) is 1. The summed E-state index contributed by atoms with van der Waals surface area (Å²) < 4.78 is 2.48. The molecular weight excluding hydrogens is 488 g/mol. The molecule has 0 saturated heterocycles. The van der Waals surface area contributed by atoms with Crippen LogP contribution in [0.2, 0.25) is 0 Å². The second-order valence-corrected chi connectivity index (χ2v) is 8.86. The van der Waals surface area contributed by atoms with Crippen LogP contribution in [0.5, 0.6) is 0 Å². The van der Waals surface area contributed by atoms with Crippen molar-refractivity contribution in [3.05, 3.63) is 105 Å². The highest BCUT2D eigenvalue weighted by atomic mass is 79.9. The molecule has 1 atom stereocenters. The Morgan fingerprint density at radius 2 is 1.72 bits per heavy atom. The van der Waals surface area contributed by atoms with Gasteiger partial charge in [0.1, 0.15) is 0 Å². The third-order valence-corrected chi connectivity index (χ3v) is 6.67. The first-order valence-electron chi connectivity index (χ1n) is 9.92. The van der Waals surface area contributed by atoms with E-state index < -0.39 is 6.17 Å². The van der Waals surface area contributed by atoms with Crippen molar-refractivity contribution in [2.75, 3.05) is 11.2 Å². The second kappa shape index (κ2) is 8.37. The van der Waals surface area contributed by atoms with E-state index in [4.69, 9.17) is 5.10 Å². The number of aromatic nitrogens is 3. The molecule has 0 aliphatic carbocycles. The fourth-order valence-corrected chi connectivity index (χ4v) is 4.82. The molecule has 158 valence electrons. The molecule has 0 spiro atoms. The van der Waals surface area contributed by atoms with Crippen LogP contribution in [0, 0.1) is 0 Å². The van der Waals surface area contributed by atoms with Crippen molar-refractivity contribution in [1.82, 2.24) is 10.1 Å². The topological polar surface area (TPSA) is 69.9 Å². The molecule has 32 heavy (non-hydrogen) atoms. The van der Waals surface area contributed by atoms with Crippen LogP contribution < -0.4 is 15.1 Å². The summed E-state index contributed by atoms with van der Waals surface area (Å²) in [6.45, 7) is 0. The van der Waals surface area contributed by atoms with Crippen LogP contribution in [0.3, 0.4) is 0 Å². The van der Waals surface area contributed by atoms with Gasteiger partial charge in [-0.05, 0) is 47.3 Å². The average Bonchev–Trinajstić information content (AvgIpc) is 2.83. The van der Waals surface area contributed by atoms with Gasteiger partial charge in [0.25, 0.3) is 12.1 Å². The number of fused-ring (bicyclic) bond motifs is 3. The molecule has 0 unspecified atom stereocenters. The number of H-pyrrole nitrogens is 1. The number of hydrogen-bond acceptors (Lipinski definition) is 4. The quantitative estimate of drug-likeness (QED) is 0.330. The van der Waals surface area contributed by atoms with Crippen LogP contribution in [0.25, 0.3) is 11.3 Å². The fourth-order valence-electron chi connectivity index (χ4n) is 3.97. The van der Waals surface area contributed by atoms with Gasteiger partial charge in [0.15, 0.2) is 0 Å². The predicted octanol–water partition coefficient (Wildman–Crippen LogP) is 4.42. The fraction of sp³-hybridized carbons (Fsp3) is 0.0833. The van der Waals surface area contributed by atoms with Gasteiger partial charge in [0.05, 0.1) is 16.8 Å². The van der Waals surface area contributed by atoms with E-state index in [1.165, 1.54) is 11.8 Å². The van der Waals surface area contributed by atoms with Gasteiger partial charge in [0, 0.05) is 15.1 Å². The first-order valence-corrected chi connectivity index (χ1v) is 11.9. The smallest absolute Gasteiger partial charge is 0.291 e. The van der Waals surface area contributed by atoms with Gasteiger partial charge in [-0.3, -0.25) is 14.6 Å². The molecule has 1 N–H and O–H groups in total. The molecule has 0 radical (unpaired) electrons. The van der Waals surface area contributed by atoms with E-state index >= 15 is 0 Å². The van der Waals surface area contributed by atoms with Crippen molar-refractivity contribution in [1.29, 1.82) is 0 Å². The van der Waals surface area contributed by atoms with E-state index in [9.17, 15) is 9.59 Å². The van der Waals surface area contributed by atoms with E-state index in [-0.39, 0.29) is 11.5 Å². The minimum absolute atomic E-state index is 0.176. The van der Waals surface area contributed by atoms with Crippen molar-refractivity contribution in [2.45, 2.75) is 11.3 Å². The third kappa shape index (κ3) is 3.36. The monoisotopic (exact) mass is 505 g/mol. The van der Waals surface area contributed by atoms with Gasteiger partial charge in [-0.2, -0.15) is 0 Å². The lowest BCUT2D eigenvalue weighted by Gasteiger charge is -2.32. The van der Waals surface area contributed by atoms with E-state index in [0.29, 0.717) is 27.7 Å². The van der Waals surface area contributed by atoms with Gasteiger partial charge in [-0.15, -0.1) is 0 Å². The Morgan fingerprint density at radius 3 is 2.47 bits per heavy atom. The normalized spacial score (nSPS) is 14.6. The standard InChI is InChI=1S/C24H17BrN4O2S/c1-32-24-26-21(30)20-17-12-6-8-14-19(17)28(23(31)15-9-3-2-4-10-15)22(29(20)27-24)16-11-5-7-13-18(16)25/h2-14,22H,1H3/p+1/t22-/m1/s1. The molecule has 1 amide bonds. The molecule has 1 aromatic heterocycles. The number of amides is 1. The summed E-state index contributed by atoms with van der Waals surface area (Å²) in [6, 6.07) is 24.3. The van der Waals surface area contributed by atoms with E-state index in [1.807, 2.05) is 73.0 Å². The Morgan fingerprint density at radius 1 is 1.03 bits per heavy atom. The molecule has 3 aromatic carbocycles. The Labute approximate surface area is 197 Å². The number of para-hydroxylation sites is 1. The Kier molecular flexibility index (Phi) is 5.40. The first kappa shape index (κ1) is 20.7. The van der Waals surface area contributed by atoms with Gasteiger partial charge in [0.2, 0.25) is 5.16 Å². The van der Waals surface area contributed by atoms with Crippen LogP contribution in [-0.4, -0.2) is 22.2 Å². The maximum Gasteiger partial charge on any atom is 0.325 e. The van der Waals surface area contributed by atoms with Crippen LogP contribution >= 0.6 is 27.7 Å². The lowest BCUT2D eigenvalue weighted by molar-refractivity contribution is -0.763. The zero-order valence-electron chi connectivity index (χ0n) is 17.0. The zero-order chi connectivity index (χ0) is 22.2. The Balaban J connectivity index is 1.86. The van der Waals surface area contributed by atoms with Crippen molar-refractivity contribution >= 4 is 39.3 Å². The average molecular weight is 506 g/mol. The van der Waals surface area contributed by atoms with E-state index in [0.717, 1.165) is 10.0 Å². The number of carbonyl (C=O) groups excluding carboxylic acids is 1. The number of halogens is 1. The SMILES string of the molecule is CSc1n[n+]2c(c(=O)[nH]1)-c1ccccc1N(C(=O)c1ccccc1)[C@H]2c1ccccc1Br. The predicted molar refractivity (Wildman–Crippen MR) is 128 cm³/mol. The number of nitrogens with zero attached hydrogens (tertiary/aromatic N) is 3. The summed E-state index contributed by atoms with van der Waals surface area (Å²) >= 11 is 4.98. The lowest BCUT2D eigenvalue weighted by Crippen LogP contribution is -2.61. The molecule has 0 fully saturated rings. The molecule has 2 heterocycles.